The second-order valence-electron chi connectivity index (χ2n) is 7.60. The second kappa shape index (κ2) is 7.53. The molecular weight excluding hydrogens is 360 g/mol. The van der Waals surface area contributed by atoms with Crippen molar-refractivity contribution in [2.24, 2.45) is 11.8 Å². The van der Waals surface area contributed by atoms with Crippen LogP contribution in [0.25, 0.3) is 0 Å². The van der Waals surface area contributed by atoms with Crippen molar-refractivity contribution < 1.29 is 9.53 Å². The molecule has 2 fully saturated rings. The Balaban J connectivity index is 1.55. The van der Waals surface area contributed by atoms with Gasteiger partial charge in [-0.15, -0.1) is 0 Å². The number of benzene rings is 2. The zero-order chi connectivity index (χ0) is 19.0. The first-order valence-corrected chi connectivity index (χ1v) is 9.81. The molecule has 2 saturated heterocycles. The summed E-state index contributed by atoms with van der Waals surface area (Å²) in [5.74, 6) is 1.95. The fourth-order valence-electron chi connectivity index (χ4n) is 4.69. The van der Waals surface area contributed by atoms with Crippen LogP contribution in [0.2, 0.25) is 5.02 Å². The fourth-order valence-corrected chi connectivity index (χ4v) is 4.88. The van der Waals surface area contributed by atoms with Gasteiger partial charge in [-0.05, 0) is 35.2 Å². The Morgan fingerprint density at radius 2 is 1.85 bits per heavy atom. The predicted octanol–water partition coefficient (Wildman–Crippen LogP) is 4.00. The maximum atomic E-state index is 12.3. The summed E-state index contributed by atoms with van der Waals surface area (Å²) >= 11 is 6.35. The first-order chi connectivity index (χ1) is 13.1. The first kappa shape index (κ1) is 18.3. The van der Waals surface area contributed by atoms with E-state index >= 15 is 0 Å². The Bertz CT molecular complexity index is 823. The number of nitrogens with zero attached hydrogens (tertiary/aromatic N) is 2. The number of hydrogen-bond acceptors (Lipinski definition) is 3. The average molecular weight is 385 g/mol. The summed E-state index contributed by atoms with van der Waals surface area (Å²) in [6, 6.07) is 16.3. The normalized spacial score (nSPS) is 24.9. The molecule has 3 atom stereocenters. The summed E-state index contributed by atoms with van der Waals surface area (Å²) in [6.07, 6.45) is 0. The summed E-state index contributed by atoms with van der Waals surface area (Å²) in [5, 5.41) is 0.826. The van der Waals surface area contributed by atoms with Gasteiger partial charge in [0, 0.05) is 44.0 Å². The van der Waals surface area contributed by atoms with E-state index in [0.717, 1.165) is 37.0 Å². The van der Waals surface area contributed by atoms with Gasteiger partial charge >= 0.3 is 0 Å². The molecule has 2 aliphatic rings. The van der Waals surface area contributed by atoms with E-state index in [1.165, 1.54) is 11.1 Å². The molecule has 4 rings (SSSR count). The molecule has 2 heterocycles. The predicted molar refractivity (Wildman–Crippen MR) is 107 cm³/mol. The summed E-state index contributed by atoms with van der Waals surface area (Å²) < 4.78 is 5.29. The Morgan fingerprint density at radius 1 is 1.11 bits per heavy atom. The van der Waals surface area contributed by atoms with E-state index in [0.29, 0.717) is 11.8 Å². The summed E-state index contributed by atoms with van der Waals surface area (Å²) in [6.45, 7) is 5.36. The van der Waals surface area contributed by atoms with Crippen LogP contribution in [-0.4, -0.2) is 42.5 Å². The van der Waals surface area contributed by atoms with E-state index in [1.807, 2.05) is 35.2 Å². The molecule has 0 radical (unpaired) electrons. The number of rotatable bonds is 4. The number of halogens is 1. The van der Waals surface area contributed by atoms with Crippen LogP contribution >= 0.6 is 11.6 Å². The van der Waals surface area contributed by atoms with Crippen molar-refractivity contribution in [2.75, 3.05) is 26.7 Å². The molecule has 0 spiro atoms. The molecular formula is C22H25ClN2O2. The molecule has 0 aromatic heterocycles. The van der Waals surface area contributed by atoms with E-state index in [2.05, 4.69) is 23.1 Å². The third kappa shape index (κ3) is 3.56. The number of fused-ring (bicyclic) bond motifs is 1. The Hall–Kier alpha value is -2.04. The maximum absolute atomic E-state index is 12.3. The van der Waals surface area contributed by atoms with Crippen LogP contribution in [0, 0.1) is 11.8 Å². The van der Waals surface area contributed by atoms with Crippen LogP contribution in [0.3, 0.4) is 0 Å². The zero-order valence-electron chi connectivity index (χ0n) is 15.8. The van der Waals surface area contributed by atoms with E-state index in [9.17, 15) is 4.79 Å². The van der Waals surface area contributed by atoms with Crippen LogP contribution in [0.4, 0.5) is 0 Å². The Kier molecular flexibility index (Phi) is 5.11. The van der Waals surface area contributed by atoms with E-state index in [-0.39, 0.29) is 11.9 Å². The van der Waals surface area contributed by atoms with Crippen LogP contribution in [-0.2, 0) is 11.3 Å². The van der Waals surface area contributed by atoms with Crippen molar-refractivity contribution in [3.63, 3.8) is 0 Å². The lowest BCUT2D eigenvalue weighted by Crippen LogP contribution is -2.34. The van der Waals surface area contributed by atoms with E-state index in [1.54, 1.807) is 14.0 Å². The maximum Gasteiger partial charge on any atom is 0.219 e. The van der Waals surface area contributed by atoms with Crippen LogP contribution in [0.1, 0.15) is 24.1 Å². The smallest absolute Gasteiger partial charge is 0.219 e. The quantitative estimate of drug-likeness (QED) is 0.798. The fraction of sp³-hybridized carbons (Fsp3) is 0.409. The van der Waals surface area contributed by atoms with Gasteiger partial charge in [-0.3, -0.25) is 9.69 Å². The number of methoxy groups -OCH3 is 1. The van der Waals surface area contributed by atoms with Crippen molar-refractivity contribution in [3.8, 4) is 5.75 Å². The lowest BCUT2D eigenvalue weighted by Gasteiger charge is -2.29. The number of ether oxygens (including phenoxy) is 1. The van der Waals surface area contributed by atoms with E-state index < -0.39 is 0 Å². The van der Waals surface area contributed by atoms with Crippen molar-refractivity contribution in [1.82, 2.24) is 9.80 Å². The van der Waals surface area contributed by atoms with Gasteiger partial charge in [0.1, 0.15) is 5.75 Å². The van der Waals surface area contributed by atoms with Gasteiger partial charge in [-0.2, -0.15) is 0 Å². The van der Waals surface area contributed by atoms with Crippen LogP contribution < -0.4 is 4.74 Å². The summed E-state index contributed by atoms with van der Waals surface area (Å²) in [4.78, 5) is 16.8. The lowest BCUT2D eigenvalue weighted by molar-refractivity contribution is -0.130. The SMILES string of the molecule is COc1ccc([C@H]2[C@@H]3CN(Cc4ccccc4Cl)C[C@@H]3CN2C(C)=O)cc1. The minimum atomic E-state index is 0.134. The zero-order valence-corrected chi connectivity index (χ0v) is 16.5. The number of amides is 1. The van der Waals surface area contributed by atoms with Crippen molar-refractivity contribution >= 4 is 17.5 Å². The summed E-state index contributed by atoms with van der Waals surface area (Å²) in [7, 11) is 1.67. The first-order valence-electron chi connectivity index (χ1n) is 9.43. The highest BCUT2D eigenvalue weighted by Gasteiger charge is 2.48. The topological polar surface area (TPSA) is 32.8 Å². The largest absolute Gasteiger partial charge is 0.497 e. The van der Waals surface area contributed by atoms with Gasteiger partial charge in [-0.25, -0.2) is 0 Å². The molecule has 0 unspecified atom stereocenters. The van der Waals surface area contributed by atoms with Gasteiger partial charge in [0.25, 0.3) is 0 Å². The monoisotopic (exact) mass is 384 g/mol. The Labute approximate surface area is 165 Å². The van der Waals surface area contributed by atoms with Crippen LogP contribution in [0.5, 0.6) is 5.75 Å². The molecule has 2 aromatic rings. The molecule has 142 valence electrons. The van der Waals surface area contributed by atoms with Gasteiger partial charge < -0.3 is 9.64 Å². The minimum absolute atomic E-state index is 0.134. The average Bonchev–Trinajstić information content (AvgIpc) is 3.21. The number of likely N-dealkylation sites (tertiary alicyclic amines) is 2. The number of carbonyl (C=O) groups is 1. The third-order valence-corrected chi connectivity index (χ3v) is 6.32. The van der Waals surface area contributed by atoms with Gasteiger partial charge in [-0.1, -0.05) is 41.9 Å². The van der Waals surface area contributed by atoms with Crippen LogP contribution in [0.15, 0.2) is 48.5 Å². The molecule has 4 nitrogen and oxygen atoms in total. The number of hydrogen-bond donors (Lipinski definition) is 0. The molecule has 0 saturated carbocycles. The molecule has 27 heavy (non-hydrogen) atoms. The van der Waals surface area contributed by atoms with Gasteiger partial charge in [0.05, 0.1) is 13.2 Å². The highest BCUT2D eigenvalue weighted by molar-refractivity contribution is 6.31. The molecule has 0 aliphatic carbocycles. The van der Waals surface area contributed by atoms with Gasteiger partial charge in [0.2, 0.25) is 5.91 Å². The molecule has 2 aromatic carbocycles. The lowest BCUT2D eigenvalue weighted by atomic mass is 9.89. The highest BCUT2D eigenvalue weighted by atomic mass is 35.5. The molecule has 0 N–H and O–H groups in total. The third-order valence-electron chi connectivity index (χ3n) is 5.95. The van der Waals surface area contributed by atoms with E-state index in [4.69, 9.17) is 16.3 Å². The molecule has 1 amide bonds. The van der Waals surface area contributed by atoms with Crippen molar-refractivity contribution in [3.05, 3.63) is 64.7 Å². The minimum Gasteiger partial charge on any atom is -0.497 e. The molecule has 2 aliphatic heterocycles. The van der Waals surface area contributed by atoms with Crippen molar-refractivity contribution in [1.29, 1.82) is 0 Å². The Morgan fingerprint density at radius 3 is 2.52 bits per heavy atom. The summed E-state index contributed by atoms with van der Waals surface area (Å²) in [5.41, 5.74) is 2.36. The molecule has 0 bridgehead atoms. The standard InChI is InChI=1S/C22H25ClN2O2/c1-15(26)25-13-18-12-24(11-17-5-3-4-6-21(17)23)14-20(18)22(25)16-7-9-19(27-2)10-8-16/h3-10,18,20,22H,11-14H2,1-2H3/t18-,20-,22+/m1/s1. The molecule has 5 heteroatoms. The second-order valence-corrected chi connectivity index (χ2v) is 8.01. The number of carbonyl (C=O) groups excluding carboxylic acids is 1. The highest BCUT2D eigenvalue weighted by Crippen LogP contribution is 2.45. The van der Waals surface area contributed by atoms with Crippen molar-refractivity contribution in [2.45, 2.75) is 19.5 Å². The van der Waals surface area contributed by atoms with Gasteiger partial charge in [0.15, 0.2) is 0 Å².